The molecule has 3 aromatic rings. The summed E-state index contributed by atoms with van der Waals surface area (Å²) in [5.41, 5.74) is 0.793. The highest BCUT2D eigenvalue weighted by Crippen LogP contribution is 2.31. The number of hydrogen-bond acceptors (Lipinski definition) is 6. The molecule has 1 unspecified atom stereocenters. The highest BCUT2D eigenvalue weighted by atomic mass is 32.2. The molecule has 0 spiro atoms. The molecule has 1 N–H and O–H groups in total. The fraction of sp³-hybridized carbons (Fsp3) is 0.407. The van der Waals surface area contributed by atoms with Crippen LogP contribution in [0.2, 0.25) is 0 Å². The van der Waals surface area contributed by atoms with Crippen molar-refractivity contribution in [2.45, 2.75) is 38.3 Å². The summed E-state index contributed by atoms with van der Waals surface area (Å²) in [4.78, 5) is 25.0. The van der Waals surface area contributed by atoms with Gasteiger partial charge in [-0.3, -0.25) is 14.3 Å². The number of rotatable bonds is 13. The van der Waals surface area contributed by atoms with Crippen LogP contribution in [0.3, 0.4) is 0 Å². The van der Waals surface area contributed by atoms with Gasteiger partial charge in [0.2, 0.25) is 0 Å². The number of H-pyrrole nitrogens is 1. The third-order valence-electron chi connectivity index (χ3n) is 6.46. The maximum atomic E-state index is 13.1. The zero-order valence-electron chi connectivity index (χ0n) is 20.2. The van der Waals surface area contributed by atoms with Crippen LogP contribution in [0.5, 0.6) is 5.75 Å². The standard InChI is InChI=1S/C27H32N2O6S/c30-26-13-14-29(27(31)28-26)20-34-15-6-16-36(32,33)19-25(22-9-2-1-3-10-22)23-11-5-12-24(17-23)35-18-21-7-4-8-21/h1-3,5,9-14,17,21,25H,4,6-8,15-16,18-20H2,(H,28,30,31). The van der Waals surface area contributed by atoms with Gasteiger partial charge < -0.3 is 9.47 Å². The summed E-state index contributed by atoms with van der Waals surface area (Å²) in [6.07, 6.45) is 5.31. The molecule has 1 atom stereocenters. The van der Waals surface area contributed by atoms with Gasteiger partial charge in [0.1, 0.15) is 12.5 Å². The van der Waals surface area contributed by atoms with Crippen LogP contribution < -0.4 is 16.0 Å². The number of nitrogens with zero attached hydrogens (tertiary/aromatic N) is 1. The normalized spacial score (nSPS) is 14.8. The average Bonchev–Trinajstić information content (AvgIpc) is 2.83. The molecule has 8 nitrogen and oxygen atoms in total. The van der Waals surface area contributed by atoms with E-state index in [1.165, 1.54) is 36.1 Å². The molecule has 36 heavy (non-hydrogen) atoms. The van der Waals surface area contributed by atoms with Crippen molar-refractivity contribution in [1.29, 1.82) is 0 Å². The zero-order valence-corrected chi connectivity index (χ0v) is 21.0. The van der Waals surface area contributed by atoms with E-state index in [-0.39, 0.29) is 30.8 Å². The van der Waals surface area contributed by atoms with Gasteiger partial charge in [-0.25, -0.2) is 13.2 Å². The van der Waals surface area contributed by atoms with E-state index < -0.39 is 21.1 Å². The van der Waals surface area contributed by atoms with Gasteiger partial charge in [0.15, 0.2) is 9.84 Å². The number of sulfone groups is 1. The lowest BCUT2D eigenvalue weighted by atomic mass is 9.86. The Morgan fingerprint density at radius 2 is 1.78 bits per heavy atom. The minimum Gasteiger partial charge on any atom is -0.493 e. The van der Waals surface area contributed by atoms with Crippen molar-refractivity contribution < 1.29 is 17.9 Å². The van der Waals surface area contributed by atoms with Crippen LogP contribution in [-0.2, 0) is 21.3 Å². The predicted octanol–water partition coefficient (Wildman–Crippen LogP) is 3.33. The van der Waals surface area contributed by atoms with Crippen molar-refractivity contribution in [3.05, 3.63) is 98.8 Å². The number of aromatic nitrogens is 2. The first-order valence-electron chi connectivity index (χ1n) is 12.3. The summed E-state index contributed by atoms with van der Waals surface area (Å²) < 4.78 is 38.8. The first-order chi connectivity index (χ1) is 17.4. The van der Waals surface area contributed by atoms with Crippen LogP contribution >= 0.6 is 0 Å². The van der Waals surface area contributed by atoms with E-state index in [4.69, 9.17) is 9.47 Å². The molecule has 1 heterocycles. The Kier molecular flexibility index (Phi) is 8.77. The molecule has 9 heteroatoms. The number of aromatic amines is 1. The number of hydrogen-bond donors (Lipinski definition) is 1. The van der Waals surface area contributed by atoms with E-state index in [9.17, 15) is 18.0 Å². The number of ether oxygens (including phenoxy) is 2. The van der Waals surface area contributed by atoms with E-state index in [2.05, 4.69) is 4.98 Å². The molecule has 0 amide bonds. The monoisotopic (exact) mass is 512 g/mol. The molecular formula is C27H32N2O6S. The maximum absolute atomic E-state index is 13.1. The quantitative estimate of drug-likeness (QED) is 0.352. The summed E-state index contributed by atoms with van der Waals surface area (Å²) in [5.74, 6) is 1.01. The van der Waals surface area contributed by atoms with Crippen LogP contribution in [-0.4, -0.2) is 42.7 Å². The molecule has 0 radical (unpaired) electrons. The summed E-state index contributed by atoms with van der Waals surface area (Å²) >= 11 is 0. The molecule has 1 fully saturated rings. The van der Waals surface area contributed by atoms with E-state index in [1.807, 2.05) is 54.6 Å². The van der Waals surface area contributed by atoms with Gasteiger partial charge in [-0.15, -0.1) is 0 Å². The third-order valence-corrected chi connectivity index (χ3v) is 8.22. The average molecular weight is 513 g/mol. The van der Waals surface area contributed by atoms with Gasteiger partial charge >= 0.3 is 5.69 Å². The molecule has 1 saturated carbocycles. The Morgan fingerprint density at radius 3 is 2.50 bits per heavy atom. The van der Waals surface area contributed by atoms with Crippen molar-refractivity contribution in [2.24, 2.45) is 5.92 Å². The van der Waals surface area contributed by atoms with E-state index in [0.29, 0.717) is 18.9 Å². The highest BCUT2D eigenvalue weighted by Gasteiger charge is 2.23. The highest BCUT2D eigenvalue weighted by molar-refractivity contribution is 7.91. The second kappa shape index (κ2) is 12.2. The second-order valence-electron chi connectivity index (χ2n) is 9.23. The molecule has 1 aliphatic rings. The smallest absolute Gasteiger partial charge is 0.330 e. The Labute approximate surface area is 210 Å². The Hall–Kier alpha value is -3.17. The lowest BCUT2D eigenvalue weighted by Gasteiger charge is -2.25. The summed E-state index contributed by atoms with van der Waals surface area (Å²) in [5, 5.41) is 0. The molecule has 4 rings (SSSR count). The molecule has 0 bridgehead atoms. The fourth-order valence-electron chi connectivity index (χ4n) is 4.19. The fourth-order valence-corrected chi connectivity index (χ4v) is 5.81. The van der Waals surface area contributed by atoms with Gasteiger partial charge in [-0.2, -0.15) is 0 Å². The topological polar surface area (TPSA) is 107 Å². The minimum absolute atomic E-state index is 0.0253. The number of nitrogens with one attached hydrogen (secondary N) is 1. The predicted molar refractivity (Wildman–Crippen MR) is 138 cm³/mol. The van der Waals surface area contributed by atoms with Crippen LogP contribution in [0.1, 0.15) is 42.7 Å². The summed E-state index contributed by atoms with van der Waals surface area (Å²) in [7, 11) is -3.41. The SMILES string of the molecule is O=c1ccn(COCCCS(=O)(=O)CC(c2ccccc2)c2cccc(OCC3CCC3)c2)c(=O)[nH]1. The summed E-state index contributed by atoms with van der Waals surface area (Å²) in [6, 6.07) is 18.6. The first kappa shape index (κ1) is 25.9. The molecule has 1 aromatic heterocycles. The van der Waals surface area contributed by atoms with E-state index in [1.54, 1.807) is 0 Å². The molecule has 192 valence electrons. The molecule has 1 aliphatic carbocycles. The maximum Gasteiger partial charge on any atom is 0.330 e. The Bertz CT molecular complexity index is 1350. The largest absolute Gasteiger partial charge is 0.493 e. The minimum atomic E-state index is -3.41. The number of benzene rings is 2. The van der Waals surface area contributed by atoms with Gasteiger partial charge in [0, 0.05) is 24.8 Å². The summed E-state index contributed by atoms with van der Waals surface area (Å²) in [6.45, 7) is 0.810. The van der Waals surface area contributed by atoms with Crippen LogP contribution in [0, 0.1) is 5.92 Å². The van der Waals surface area contributed by atoms with E-state index >= 15 is 0 Å². The lowest BCUT2D eigenvalue weighted by molar-refractivity contribution is 0.0745. The molecule has 2 aromatic carbocycles. The van der Waals surface area contributed by atoms with E-state index in [0.717, 1.165) is 16.9 Å². The van der Waals surface area contributed by atoms with Crippen molar-refractivity contribution in [2.75, 3.05) is 24.7 Å². The van der Waals surface area contributed by atoms with Crippen LogP contribution in [0.15, 0.2) is 76.4 Å². The first-order valence-corrected chi connectivity index (χ1v) is 14.1. The lowest BCUT2D eigenvalue weighted by Crippen LogP contribution is -2.29. The van der Waals surface area contributed by atoms with Crippen LogP contribution in [0.25, 0.3) is 0 Å². The van der Waals surface area contributed by atoms with Gasteiger partial charge in [0.05, 0.1) is 18.1 Å². The van der Waals surface area contributed by atoms with Gasteiger partial charge in [-0.1, -0.05) is 48.9 Å². The molecular weight excluding hydrogens is 480 g/mol. The molecule has 0 aliphatic heterocycles. The Morgan fingerprint density at radius 1 is 1.00 bits per heavy atom. The van der Waals surface area contributed by atoms with Crippen molar-refractivity contribution >= 4 is 9.84 Å². The molecule has 0 saturated heterocycles. The van der Waals surface area contributed by atoms with Gasteiger partial charge in [0.25, 0.3) is 5.56 Å². The zero-order chi connectivity index (χ0) is 25.4. The van der Waals surface area contributed by atoms with Crippen molar-refractivity contribution in [1.82, 2.24) is 9.55 Å². The Balaban J connectivity index is 1.37. The van der Waals surface area contributed by atoms with Crippen LogP contribution in [0.4, 0.5) is 0 Å². The van der Waals surface area contributed by atoms with Crippen molar-refractivity contribution in [3.8, 4) is 5.75 Å². The van der Waals surface area contributed by atoms with Crippen molar-refractivity contribution in [3.63, 3.8) is 0 Å². The second-order valence-corrected chi connectivity index (χ2v) is 11.5. The third kappa shape index (κ3) is 7.41. The van der Waals surface area contributed by atoms with Gasteiger partial charge in [-0.05, 0) is 48.4 Å².